The zero-order valence-corrected chi connectivity index (χ0v) is 13.3. The predicted octanol–water partition coefficient (Wildman–Crippen LogP) is 3.80. The first-order chi connectivity index (χ1) is 9.34. The van der Waals surface area contributed by atoms with Gasteiger partial charge in [0.15, 0.2) is 0 Å². The number of benzene rings is 2. The zero-order valence-electron chi connectivity index (χ0n) is 12.4. The number of rotatable bonds is 0. The zero-order chi connectivity index (χ0) is 15.5. The quantitative estimate of drug-likeness (QED) is 0.648. The third kappa shape index (κ3) is 9.65. The largest absolute Gasteiger partial charge is 0.328 e. The number of hydrogen-bond acceptors (Lipinski definition) is 3. The molecule has 0 heterocycles. The Morgan fingerprint density at radius 2 is 0.700 bits per heavy atom. The van der Waals surface area contributed by atoms with Gasteiger partial charge in [0.2, 0.25) is 0 Å². The Morgan fingerprint density at radius 3 is 0.800 bits per heavy atom. The molecule has 3 N–H and O–H groups in total. The molecule has 0 aromatic heterocycles. The van der Waals surface area contributed by atoms with Crippen molar-refractivity contribution in [2.24, 2.45) is 0 Å². The molecule has 0 amide bonds. The van der Waals surface area contributed by atoms with Crippen LogP contribution in [0.4, 0.5) is 0 Å². The van der Waals surface area contributed by atoms with Crippen LogP contribution in [0.25, 0.3) is 0 Å². The van der Waals surface area contributed by atoms with Gasteiger partial charge in [-0.2, -0.15) is 0 Å². The summed E-state index contributed by atoms with van der Waals surface area (Å²) in [7, 11) is -2.62. The van der Waals surface area contributed by atoms with Gasteiger partial charge in [-0.1, -0.05) is 48.5 Å². The SMILES string of the molecule is Cc1ccccc1C.Cc1ccccc1C.OP(O)O. The average Bonchev–Trinajstić information content (AvgIpc) is 2.37. The third-order valence-electron chi connectivity index (χ3n) is 2.85. The van der Waals surface area contributed by atoms with Crippen molar-refractivity contribution in [2.75, 3.05) is 0 Å². The van der Waals surface area contributed by atoms with Crippen LogP contribution in [0.3, 0.4) is 0 Å². The van der Waals surface area contributed by atoms with Crippen molar-refractivity contribution < 1.29 is 14.7 Å². The molecule has 2 rings (SSSR count). The van der Waals surface area contributed by atoms with E-state index in [-0.39, 0.29) is 0 Å². The van der Waals surface area contributed by atoms with E-state index in [4.69, 9.17) is 14.7 Å². The topological polar surface area (TPSA) is 60.7 Å². The van der Waals surface area contributed by atoms with Crippen molar-refractivity contribution in [2.45, 2.75) is 27.7 Å². The minimum Gasteiger partial charge on any atom is -0.328 e. The first kappa shape index (κ1) is 18.8. The molecule has 20 heavy (non-hydrogen) atoms. The Hall–Kier alpha value is -1.25. The van der Waals surface area contributed by atoms with Crippen LogP contribution in [0.15, 0.2) is 48.5 Å². The van der Waals surface area contributed by atoms with Crippen molar-refractivity contribution in [1.29, 1.82) is 0 Å². The molecule has 0 atom stereocenters. The summed E-state index contributed by atoms with van der Waals surface area (Å²) in [6.07, 6.45) is 0. The molecule has 0 aliphatic heterocycles. The minimum absolute atomic E-state index is 1.37. The van der Waals surface area contributed by atoms with Crippen LogP contribution in [0, 0.1) is 27.7 Å². The fraction of sp³-hybridized carbons (Fsp3) is 0.250. The lowest BCUT2D eigenvalue weighted by atomic mass is 10.1. The molecule has 110 valence electrons. The molecule has 0 fully saturated rings. The molecule has 2 aromatic carbocycles. The molecule has 3 nitrogen and oxygen atoms in total. The van der Waals surface area contributed by atoms with E-state index < -0.39 is 8.60 Å². The summed E-state index contributed by atoms with van der Waals surface area (Å²) in [5.74, 6) is 0. The first-order valence-corrected chi connectivity index (χ1v) is 7.45. The highest BCUT2D eigenvalue weighted by Crippen LogP contribution is 2.11. The van der Waals surface area contributed by atoms with Crippen molar-refractivity contribution in [3.05, 3.63) is 70.8 Å². The molecule has 0 aliphatic rings. The standard InChI is InChI=1S/2C8H10.H3O3P/c2*1-7-5-3-4-6-8(7)2;1-4(2)3/h2*3-6H,1-2H3;1-3H. The lowest BCUT2D eigenvalue weighted by Crippen LogP contribution is -1.74. The Kier molecular flexibility index (Phi) is 9.87. The van der Waals surface area contributed by atoms with Gasteiger partial charge in [0, 0.05) is 0 Å². The summed E-state index contributed by atoms with van der Waals surface area (Å²) in [5.41, 5.74) is 5.47. The van der Waals surface area contributed by atoms with Gasteiger partial charge >= 0.3 is 8.60 Å². The number of aryl methyl sites for hydroxylation is 4. The van der Waals surface area contributed by atoms with E-state index in [2.05, 4.69) is 76.2 Å². The van der Waals surface area contributed by atoms with E-state index in [1.807, 2.05) is 0 Å². The second-order valence-corrected chi connectivity index (χ2v) is 4.97. The highest BCUT2D eigenvalue weighted by Gasteiger charge is 1.84. The molecular formula is C16H23O3P. The second kappa shape index (κ2) is 10.5. The highest BCUT2D eigenvalue weighted by atomic mass is 31.2. The second-order valence-electron chi connectivity index (χ2n) is 4.44. The molecular weight excluding hydrogens is 271 g/mol. The fourth-order valence-corrected chi connectivity index (χ4v) is 1.33. The molecule has 2 aromatic rings. The summed E-state index contributed by atoms with van der Waals surface area (Å²) in [6.45, 7) is 8.48. The van der Waals surface area contributed by atoms with E-state index >= 15 is 0 Å². The van der Waals surface area contributed by atoms with Crippen molar-refractivity contribution in [3.8, 4) is 0 Å². The van der Waals surface area contributed by atoms with Gasteiger partial charge < -0.3 is 14.7 Å². The van der Waals surface area contributed by atoms with Gasteiger partial charge in [0.25, 0.3) is 0 Å². The van der Waals surface area contributed by atoms with Crippen LogP contribution in [0.1, 0.15) is 22.3 Å². The summed E-state index contributed by atoms with van der Waals surface area (Å²) >= 11 is 0. The third-order valence-corrected chi connectivity index (χ3v) is 2.85. The van der Waals surface area contributed by atoms with E-state index in [1.165, 1.54) is 22.3 Å². The minimum atomic E-state index is -2.62. The summed E-state index contributed by atoms with van der Waals surface area (Å²) < 4.78 is 0. The smallest absolute Gasteiger partial charge is 0.324 e. The van der Waals surface area contributed by atoms with Gasteiger partial charge in [-0.05, 0) is 49.9 Å². The van der Waals surface area contributed by atoms with Crippen LogP contribution in [-0.4, -0.2) is 14.7 Å². The van der Waals surface area contributed by atoms with Crippen molar-refractivity contribution in [1.82, 2.24) is 0 Å². The normalized spacial score (nSPS) is 9.20. The van der Waals surface area contributed by atoms with Gasteiger partial charge in [-0.15, -0.1) is 0 Å². The van der Waals surface area contributed by atoms with E-state index in [9.17, 15) is 0 Å². The Morgan fingerprint density at radius 1 is 0.550 bits per heavy atom. The first-order valence-electron chi connectivity index (χ1n) is 6.25. The maximum atomic E-state index is 7.23. The Labute approximate surface area is 122 Å². The molecule has 0 aliphatic carbocycles. The van der Waals surface area contributed by atoms with Crippen LogP contribution in [-0.2, 0) is 0 Å². The lowest BCUT2D eigenvalue weighted by Gasteiger charge is -1.93. The van der Waals surface area contributed by atoms with E-state index in [1.54, 1.807) is 0 Å². The van der Waals surface area contributed by atoms with Crippen LogP contribution in [0.5, 0.6) is 0 Å². The van der Waals surface area contributed by atoms with Crippen LogP contribution in [0.2, 0.25) is 0 Å². The van der Waals surface area contributed by atoms with Gasteiger partial charge in [-0.25, -0.2) is 0 Å². The fourth-order valence-electron chi connectivity index (χ4n) is 1.33. The maximum Gasteiger partial charge on any atom is 0.324 e. The van der Waals surface area contributed by atoms with Crippen molar-refractivity contribution in [3.63, 3.8) is 0 Å². The Balaban J connectivity index is 0.000000289. The molecule has 0 saturated carbocycles. The predicted molar refractivity (Wildman–Crippen MR) is 85.4 cm³/mol. The van der Waals surface area contributed by atoms with E-state index in [0.717, 1.165) is 0 Å². The lowest BCUT2D eigenvalue weighted by molar-refractivity contribution is 0.368. The maximum absolute atomic E-state index is 7.23. The molecule has 0 radical (unpaired) electrons. The van der Waals surface area contributed by atoms with Crippen LogP contribution < -0.4 is 0 Å². The molecule has 0 spiro atoms. The molecule has 4 heteroatoms. The molecule has 0 unspecified atom stereocenters. The summed E-state index contributed by atoms with van der Waals surface area (Å²) in [6, 6.07) is 16.7. The van der Waals surface area contributed by atoms with Gasteiger partial charge in [0.05, 0.1) is 0 Å². The Bertz CT molecular complexity index is 410. The summed E-state index contributed by atoms with van der Waals surface area (Å²) in [4.78, 5) is 21.7. The van der Waals surface area contributed by atoms with Crippen LogP contribution >= 0.6 is 8.60 Å². The average molecular weight is 294 g/mol. The molecule has 0 saturated heterocycles. The van der Waals surface area contributed by atoms with Crippen molar-refractivity contribution >= 4 is 8.60 Å². The molecule has 0 bridgehead atoms. The van der Waals surface area contributed by atoms with Gasteiger partial charge in [-0.3, -0.25) is 0 Å². The summed E-state index contributed by atoms with van der Waals surface area (Å²) in [5, 5.41) is 0. The van der Waals surface area contributed by atoms with Gasteiger partial charge in [0.1, 0.15) is 0 Å². The monoisotopic (exact) mass is 294 g/mol. The van der Waals surface area contributed by atoms with E-state index in [0.29, 0.717) is 0 Å². The number of hydrogen-bond donors (Lipinski definition) is 3. The highest BCUT2D eigenvalue weighted by molar-refractivity contribution is 7.38.